The lowest BCUT2D eigenvalue weighted by Crippen LogP contribution is -2.15. The fourth-order valence-corrected chi connectivity index (χ4v) is 2.35. The summed E-state index contributed by atoms with van der Waals surface area (Å²) in [6, 6.07) is 9.36. The Morgan fingerprint density at radius 2 is 2.31 bits per heavy atom. The second-order valence-corrected chi connectivity index (χ2v) is 5.69. The summed E-state index contributed by atoms with van der Waals surface area (Å²) < 4.78 is 0. The number of hydrogen-bond donors (Lipinski definition) is 1. The highest BCUT2D eigenvalue weighted by Crippen LogP contribution is 2.23. The SMILES string of the molecule is C=C(Cl)CSc1cccc(CNC2CC2)c1. The standard InChI is InChI=1S/C13H16ClNS/c1-10(14)9-16-13-4-2-3-11(7-13)8-15-12-5-6-12/h2-4,7,12,15H,1,5-6,8-9H2. The maximum atomic E-state index is 5.75. The average molecular weight is 254 g/mol. The van der Waals surface area contributed by atoms with E-state index in [1.54, 1.807) is 11.8 Å². The Morgan fingerprint density at radius 1 is 1.50 bits per heavy atom. The number of nitrogens with one attached hydrogen (secondary N) is 1. The Kier molecular flexibility index (Phi) is 4.33. The Labute approximate surface area is 106 Å². The van der Waals surface area contributed by atoms with Crippen molar-refractivity contribution in [3.8, 4) is 0 Å². The van der Waals surface area contributed by atoms with Gasteiger partial charge in [-0.1, -0.05) is 30.3 Å². The topological polar surface area (TPSA) is 12.0 Å². The molecule has 16 heavy (non-hydrogen) atoms. The van der Waals surface area contributed by atoms with Gasteiger partial charge in [0.25, 0.3) is 0 Å². The minimum absolute atomic E-state index is 0.700. The molecule has 1 aliphatic carbocycles. The third-order valence-corrected chi connectivity index (χ3v) is 3.84. The van der Waals surface area contributed by atoms with Crippen molar-refractivity contribution in [3.63, 3.8) is 0 Å². The lowest BCUT2D eigenvalue weighted by Gasteiger charge is -2.05. The van der Waals surface area contributed by atoms with Crippen LogP contribution in [0.3, 0.4) is 0 Å². The first-order valence-electron chi connectivity index (χ1n) is 5.52. The largest absolute Gasteiger partial charge is 0.310 e. The molecule has 0 radical (unpaired) electrons. The summed E-state index contributed by atoms with van der Waals surface area (Å²) in [7, 11) is 0. The van der Waals surface area contributed by atoms with Crippen LogP contribution in [0.25, 0.3) is 0 Å². The molecule has 1 nitrogen and oxygen atoms in total. The van der Waals surface area contributed by atoms with Crippen LogP contribution in [-0.4, -0.2) is 11.8 Å². The molecule has 86 valence electrons. The monoisotopic (exact) mass is 253 g/mol. The molecule has 1 fully saturated rings. The predicted octanol–water partition coefficient (Wildman–Crippen LogP) is 3.78. The van der Waals surface area contributed by atoms with Gasteiger partial charge in [-0.3, -0.25) is 0 Å². The molecular weight excluding hydrogens is 238 g/mol. The highest BCUT2D eigenvalue weighted by atomic mass is 35.5. The smallest absolute Gasteiger partial charge is 0.0334 e. The molecule has 0 aliphatic heterocycles. The van der Waals surface area contributed by atoms with Crippen LogP contribution in [0.4, 0.5) is 0 Å². The van der Waals surface area contributed by atoms with Crippen molar-refractivity contribution in [3.05, 3.63) is 41.4 Å². The van der Waals surface area contributed by atoms with Crippen LogP contribution < -0.4 is 5.32 Å². The zero-order valence-corrected chi connectivity index (χ0v) is 10.8. The van der Waals surface area contributed by atoms with Crippen LogP contribution in [0, 0.1) is 0 Å². The molecule has 1 aromatic carbocycles. The van der Waals surface area contributed by atoms with E-state index in [4.69, 9.17) is 11.6 Å². The third kappa shape index (κ3) is 4.20. The van der Waals surface area contributed by atoms with Gasteiger partial charge in [-0.2, -0.15) is 0 Å². The third-order valence-electron chi connectivity index (χ3n) is 2.47. The molecule has 0 amide bonds. The molecule has 0 saturated heterocycles. The van der Waals surface area contributed by atoms with E-state index in [-0.39, 0.29) is 0 Å². The summed E-state index contributed by atoms with van der Waals surface area (Å²) in [5.74, 6) is 0.779. The molecule has 0 bridgehead atoms. The van der Waals surface area contributed by atoms with E-state index < -0.39 is 0 Å². The van der Waals surface area contributed by atoms with Crippen molar-refractivity contribution in [1.29, 1.82) is 0 Å². The second kappa shape index (κ2) is 5.76. The van der Waals surface area contributed by atoms with Gasteiger partial charge < -0.3 is 5.32 Å². The van der Waals surface area contributed by atoms with Crippen molar-refractivity contribution >= 4 is 23.4 Å². The minimum atomic E-state index is 0.700. The average Bonchev–Trinajstić information content (AvgIpc) is 3.08. The Hall–Kier alpha value is -0.440. The zero-order chi connectivity index (χ0) is 11.4. The molecule has 1 saturated carbocycles. The fourth-order valence-electron chi connectivity index (χ4n) is 1.46. The van der Waals surface area contributed by atoms with Gasteiger partial charge in [0, 0.05) is 28.3 Å². The molecular formula is C13H16ClNS. The Balaban J connectivity index is 1.87. The minimum Gasteiger partial charge on any atom is -0.310 e. The number of halogens is 1. The van der Waals surface area contributed by atoms with E-state index in [9.17, 15) is 0 Å². The van der Waals surface area contributed by atoms with Gasteiger partial charge in [-0.15, -0.1) is 11.8 Å². The van der Waals surface area contributed by atoms with Gasteiger partial charge in [0.05, 0.1) is 0 Å². The summed E-state index contributed by atoms with van der Waals surface area (Å²) in [6.45, 7) is 4.67. The Morgan fingerprint density at radius 3 is 3.00 bits per heavy atom. The zero-order valence-electron chi connectivity index (χ0n) is 9.21. The maximum absolute atomic E-state index is 5.75. The molecule has 0 aromatic heterocycles. The molecule has 0 unspecified atom stereocenters. The van der Waals surface area contributed by atoms with Gasteiger partial charge in [0.15, 0.2) is 0 Å². The van der Waals surface area contributed by atoms with Gasteiger partial charge in [0.1, 0.15) is 0 Å². The summed E-state index contributed by atoms with van der Waals surface area (Å²) in [5.41, 5.74) is 1.34. The van der Waals surface area contributed by atoms with Crippen molar-refractivity contribution in [2.24, 2.45) is 0 Å². The Bertz CT molecular complexity index is 374. The summed E-state index contributed by atoms with van der Waals surface area (Å²) in [4.78, 5) is 1.26. The van der Waals surface area contributed by atoms with E-state index in [1.165, 1.54) is 23.3 Å². The lowest BCUT2D eigenvalue weighted by atomic mass is 10.2. The van der Waals surface area contributed by atoms with Gasteiger partial charge in [-0.05, 0) is 30.5 Å². The van der Waals surface area contributed by atoms with Crippen LogP contribution in [0.15, 0.2) is 40.8 Å². The molecule has 0 heterocycles. The maximum Gasteiger partial charge on any atom is 0.0334 e. The normalized spacial score (nSPS) is 15.1. The summed E-state index contributed by atoms with van der Waals surface area (Å²) in [5, 5.41) is 4.21. The van der Waals surface area contributed by atoms with Crippen LogP contribution >= 0.6 is 23.4 Å². The van der Waals surface area contributed by atoms with Gasteiger partial charge in [0.2, 0.25) is 0 Å². The van der Waals surface area contributed by atoms with Crippen LogP contribution in [0.5, 0.6) is 0 Å². The molecule has 3 heteroatoms. The summed E-state index contributed by atoms with van der Waals surface area (Å²) >= 11 is 7.48. The number of rotatable bonds is 6. The first-order valence-corrected chi connectivity index (χ1v) is 6.89. The number of thioether (sulfide) groups is 1. The molecule has 0 spiro atoms. The first kappa shape index (κ1) is 12.0. The highest BCUT2D eigenvalue weighted by molar-refractivity contribution is 7.99. The fraction of sp³-hybridized carbons (Fsp3) is 0.385. The van der Waals surface area contributed by atoms with Crippen LogP contribution in [-0.2, 0) is 6.54 Å². The van der Waals surface area contributed by atoms with E-state index in [2.05, 4.69) is 36.2 Å². The molecule has 2 rings (SSSR count). The van der Waals surface area contributed by atoms with E-state index >= 15 is 0 Å². The van der Waals surface area contributed by atoms with Crippen molar-refractivity contribution in [2.45, 2.75) is 30.3 Å². The number of benzene rings is 1. The van der Waals surface area contributed by atoms with E-state index in [0.29, 0.717) is 5.03 Å². The van der Waals surface area contributed by atoms with Gasteiger partial charge >= 0.3 is 0 Å². The quantitative estimate of drug-likeness (QED) is 0.775. The lowest BCUT2D eigenvalue weighted by molar-refractivity contribution is 0.687. The first-order chi connectivity index (χ1) is 7.74. The highest BCUT2D eigenvalue weighted by Gasteiger charge is 2.19. The van der Waals surface area contributed by atoms with Crippen molar-refractivity contribution in [1.82, 2.24) is 5.32 Å². The predicted molar refractivity (Wildman–Crippen MR) is 72.0 cm³/mol. The molecule has 1 N–H and O–H groups in total. The molecule has 1 aromatic rings. The van der Waals surface area contributed by atoms with E-state index in [0.717, 1.165) is 18.3 Å². The molecule has 0 atom stereocenters. The van der Waals surface area contributed by atoms with Crippen LogP contribution in [0.2, 0.25) is 0 Å². The van der Waals surface area contributed by atoms with Gasteiger partial charge in [-0.25, -0.2) is 0 Å². The molecule has 1 aliphatic rings. The van der Waals surface area contributed by atoms with E-state index in [1.807, 2.05) is 0 Å². The second-order valence-electron chi connectivity index (χ2n) is 4.11. The number of hydrogen-bond acceptors (Lipinski definition) is 2. The summed E-state index contributed by atoms with van der Waals surface area (Å²) in [6.07, 6.45) is 2.67. The van der Waals surface area contributed by atoms with Crippen molar-refractivity contribution in [2.75, 3.05) is 5.75 Å². The van der Waals surface area contributed by atoms with Crippen LogP contribution in [0.1, 0.15) is 18.4 Å². The van der Waals surface area contributed by atoms with Crippen molar-refractivity contribution < 1.29 is 0 Å².